The first-order valence-corrected chi connectivity index (χ1v) is 12.3. The van der Waals surface area contributed by atoms with Gasteiger partial charge >= 0.3 is 5.97 Å². The Kier molecular flexibility index (Phi) is 6.12. The summed E-state index contributed by atoms with van der Waals surface area (Å²) >= 11 is 0. The number of aliphatic hydroxyl groups is 1. The molecule has 0 bridgehead atoms. The largest absolute Gasteiger partial charge is 0.507 e. The molecule has 0 radical (unpaired) electrons. The average Bonchev–Trinajstić information content (AvgIpc) is 3.49. The van der Waals surface area contributed by atoms with Gasteiger partial charge in [-0.05, 0) is 45.3 Å². The second-order valence-corrected chi connectivity index (χ2v) is 9.15. The quantitative estimate of drug-likeness (QED) is 0.184. The zero-order valence-corrected chi connectivity index (χ0v) is 20.3. The molecule has 0 saturated carbocycles. The van der Waals surface area contributed by atoms with Crippen molar-refractivity contribution in [3.8, 4) is 22.6 Å². The lowest BCUT2D eigenvalue weighted by atomic mass is 9.90. The van der Waals surface area contributed by atoms with Crippen LogP contribution < -0.4 is 4.74 Å². The SMILES string of the molecule is O=C(Oc1ccc2ccccc2c1-c1c(O)ccc2ccccc12)[C@H](c1ccccc1)[C@H](O)c1ccoc1. The number of furan rings is 1. The number of aromatic hydroxyl groups is 1. The minimum atomic E-state index is -1.18. The smallest absolute Gasteiger partial charge is 0.321 e. The van der Waals surface area contributed by atoms with Gasteiger partial charge in [0, 0.05) is 16.7 Å². The molecule has 2 N–H and O–H groups in total. The van der Waals surface area contributed by atoms with Crippen LogP contribution in [0.15, 0.2) is 126 Å². The van der Waals surface area contributed by atoms with Crippen LogP contribution in [0.1, 0.15) is 23.1 Å². The molecule has 6 rings (SSSR count). The fraction of sp³-hybridized carbons (Fsp3) is 0.0606. The van der Waals surface area contributed by atoms with E-state index < -0.39 is 18.0 Å². The number of rotatable bonds is 6. The highest BCUT2D eigenvalue weighted by atomic mass is 16.5. The maximum absolute atomic E-state index is 13.8. The molecule has 2 atom stereocenters. The number of esters is 1. The molecule has 186 valence electrons. The summed E-state index contributed by atoms with van der Waals surface area (Å²) in [5.74, 6) is -1.26. The van der Waals surface area contributed by atoms with Gasteiger partial charge in [-0.3, -0.25) is 4.79 Å². The predicted molar refractivity (Wildman–Crippen MR) is 147 cm³/mol. The third kappa shape index (κ3) is 4.19. The summed E-state index contributed by atoms with van der Waals surface area (Å²) in [6.45, 7) is 0. The highest BCUT2D eigenvalue weighted by Gasteiger charge is 2.33. The molecule has 6 aromatic rings. The number of phenolic OH excluding ortho intramolecular Hbond substituents is 1. The summed E-state index contributed by atoms with van der Waals surface area (Å²) in [7, 11) is 0. The molecular formula is C33H24O5. The van der Waals surface area contributed by atoms with Crippen molar-refractivity contribution in [1.29, 1.82) is 0 Å². The van der Waals surface area contributed by atoms with Gasteiger partial charge in [0.25, 0.3) is 0 Å². The summed E-state index contributed by atoms with van der Waals surface area (Å²) in [6.07, 6.45) is 1.69. The Bertz CT molecular complexity index is 1740. The molecule has 0 unspecified atom stereocenters. The minimum Gasteiger partial charge on any atom is -0.507 e. The molecule has 0 fully saturated rings. The van der Waals surface area contributed by atoms with Crippen LogP contribution in [0.25, 0.3) is 32.7 Å². The van der Waals surface area contributed by atoms with Crippen molar-refractivity contribution in [2.75, 3.05) is 0 Å². The maximum Gasteiger partial charge on any atom is 0.321 e. The number of aliphatic hydroxyl groups excluding tert-OH is 1. The lowest BCUT2D eigenvalue weighted by Crippen LogP contribution is -2.25. The van der Waals surface area contributed by atoms with Gasteiger partial charge in [0.05, 0.1) is 18.6 Å². The molecule has 5 heteroatoms. The first-order valence-electron chi connectivity index (χ1n) is 12.3. The van der Waals surface area contributed by atoms with Gasteiger partial charge in [0.15, 0.2) is 0 Å². The van der Waals surface area contributed by atoms with Gasteiger partial charge in [-0.1, -0.05) is 91.0 Å². The molecule has 5 aromatic carbocycles. The summed E-state index contributed by atoms with van der Waals surface area (Å²) in [6, 6.07) is 33.3. The number of hydrogen-bond donors (Lipinski definition) is 2. The van der Waals surface area contributed by atoms with E-state index in [2.05, 4.69) is 0 Å². The van der Waals surface area contributed by atoms with Crippen molar-refractivity contribution in [2.24, 2.45) is 0 Å². The van der Waals surface area contributed by atoms with Crippen molar-refractivity contribution in [3.63, 3.8) is 0 Å². The van der Waals surface area contributed by atoms with Crippen LogP contribution in [0, 0.1) is 0 Å². The van der Waals surface area contributed by atoms with E-state index in [1.54, 1.807) is 30.3 Å². The molecule has 0 amide bonds. The van der Waals surface area contributed by atoms with Crippen LogP contribution in [-0.4, -0.2) is 16.2 Å². The molecule has 0 aliphatic carbocycles. The second-order valence-electron chi connectivity index (χ2n) is 9.15. The number of phenols is 1. The maximum atomic E-state index is 13.8. The summed E-state index contributed by atoms with van der Waals surface area (Å²) in [5.41, 5.74) is 2.27. The number of benzene rings is 5. The molecule has 1 heterocycles. The van der Waals surface area contributed by atoms with E-state index in [-0.39, 0.29) is 5.75 Å². The van der Waals surface area contributed by atoms with Crippen molar-refractivity contribution >= 4 is 27.5 Å². The fourth-order valence-corrected chi connectivity index (χ4v) is 5.03. The number of carbonyl (C=O) groups is 1. The van der Waals surface area contributed by atoms with Crippen LogP contribution in [0.5, 0.6) is 11.5 Å². The number of ether oxygens (including phenoxy) is 1. The van der Waals surface area contributed by atoms with Gasteiger partial charge in [0.2, 0.25) is 0 Å². The van der Waals surface area contributed by atoms with Crippen LogP contribution in [-0.2, 0) is 4.79 Å². The van der Waals surface area contributed by atoms with Gasteiger partial charge in [-0.15, -0.1) is 0 Å². The van der Waals surface area contributed by atoms with E-state index in [4.69, 9.17) is 9.15 Å². The fourth-order valence-electron chi connectivity index (χ4n) is 5.03. The van der Waals surface area contributed by atoms with Crippen LogP contribution in [0.3, 0.4) is 0 Å². The number of carbonyl (C=O) groups excluding carboxylic acids is 1. The van der Waals surface area contributed by atoms with Crippen molar-refractivity contribution in [1.82, 2.24) is 0 Å². The zero-order chi connectivity index (χ0) is 26.1. The summed E-state index contributed by atoms with van der Waals surface area (Å²) in [4.78, 5) is 13.8. The standard InChI is InChI=1S/C33H24O5/c34-27-16-14-21-8-4-6-12-25(21)30(27)31-26-13-7-5-9-22(26)15-17-28(31)38-33(36)29(23-10-2-1-3-11-23)32(35)24-18-19-37-20-24/h1-20,29,32,34-35H/t29-,32-/m1/s1. The third-order valence-corrected chi connectivity index (χ3v) is 6.87. The number of fused-ring (bicyclic) bond motifs is 2. The zero-order valence-electron chi connectivity index (χ0n) is 20.3. The molecule has 0 saturated heterocycles. The van der Waals surface area contributed by atoms with E-state index in [0.717, 1.165) is 21.5 Å². The van der Waals surface area contributed by atoms with Gasteiger partial charge in [-0.25, -0.2) is 0 Å². The van der Waals surface area contributed by atoms with Crippen molar-refractivity contribution in [2.45, 2.75) is 12.0 Å². The van der Waals surface area contributed by atoms with Crippen LogP contribution >= 0.6 is 0 Å². The van der Waals surface area contributed by atoms with E-state index in [1.165, 1.54) is 12.5 Å². The Morgan fingerprint density at radius 3 is 2.00 bits per heavy atom. The highest BCUT2D eigenvalue weighted by molar-refractivity contribution is 6.10. The van der Waals surface area contributed by atoms with E-state index in [9.17, 15) is 15.0 Å². The Hall–Kier alpha value is -4.87. The first-order chi connectivity index (χ1) is 18.6. The molecule has 0 spiro atoms. The van der Waals surface area contributed by atoms with E-state index >= 15 is 0 Å². The van der Waals surface area contributed by atoms with E-state index in [1.807, 2.05) is 78.9 Å². The Morgan fingerprint density at radius 1 is 0.684 bits per heavy atom. The monoisotopic (exact) mass is 500 g/mol. The molecule has 1 aromatic heterocycles. The Balaban J connectivity index is 1.52. The first kappa shape index (κ1) is 23.5. The molecule has 5 nitrogen and oxygen atoms in total. The summed E-state index contributed by atoms with van der Waals surface area (Å²) in [5, 5.41) is 25.9. The predicted octanol–water partition coefficient (Wildman–Crippen LogP) is 7.38. The van der Waals surface area contributed by atoms with E-state index in [0.29, 0.717) is 28.0 Å². The van der Waals surface area contributed by atoms with Crippen LogP contribution in [0.2, 0.25) is 0 Å². The van der Waals surface area contributed by atoms with Crippen LogP contribution in [0.4, 0.5) is 0 Å². The average molecular weight is 501 g/mol. The van der Waals surface area contributed by atoms with Gasteiger partial charge < -0.3 is 19.4 Å². The normalized spacial score (nSPS) is 12.9. The second kappa shape index (κ2) is 9.88. The van der Waals surface area contributed by atoms with Crippen molar-refractivity contribution < 1.29 is 24.2 Å². The topological polar surface area (TPSA) is 79.9 Å². The third-order valence-electron chi connectivity index (χ3n) is 6.87. The molecule has 0 aliphatic heterocycles. The molecule has 38 heavy (non-hydrogen) atoms. The molecular weight excluding hydrogens is 476 g/mol. The highest BCUT2D eigenvalue weighted by Crippen LogP contribution is 2.45. The minimum absolute atomic E-state index is 0.0791. The van der Waals surface area contributed by atoms with Gasteiger partial charge in [0.1, 0.15) is 17.4 Å². The van der Waals surface area contributed by atoms with Crippen molar-refractivity contribution in [3.05, 3.63) is 133 Å². The number of hydrogen-bond acceptors (Lipinski definition) is 5. The Morgan fingerprint density at radius 2 is 1.32 bits per heavy atom. The molecule has 0 aliphatic rings. The lowest BCUT2D eigenvalue weighted by molar-refractivity contribution is -0.139. The summed E-state index contributed by atoms with van der Waals surface area (Å²) < 4.78 is 11.3. The van der Waals surface area contributed by atoms with Gasteiger partial charge in [-0.2, -0.15) is 0 Å². The Labute approximate surface area is 219 Å². The lowest BCUT2D eigenvalue weighted by Gasteiger charge is -2.23.